The number of phenolic OH excluding ortho intramolecular Hbond substituents is 1. The molecule has 0 spiro atoms. The first-order chi connectivity index (χ1) is 12.2. The van der Waals surface area contributed by atoms with Crippen LogP contribution in [0.4, 0.5) is 0 Å². The van der Waals surface area contributed by atoms with E-state index in [1.807, 2.05) is 37.3 Å². The maximum Gasteiger partial charge on any atom is 0.750 e. The highest BCUT2D eigenvalue weighted by molar-refractivity contribution is 7.33. The van der Waals surface area contributed by atoms with Crippen LogP contribution < -0.4 is 4.52 Å². The fourth-order valence-corrected chi connectivity index (χ4v) is 3.18. The lowest BCUT2D eigenvalue weighted by Gasteiger charge is -2.06. The summed E-state index contributed by atoms with van der Waals surface area (Å²) in [5.41, 5.74) is 1.85. The molecule has 0 radical (unpaired) electrons. The van der Waals surface area contributed by atoms with Gasteiger partial charge in [0.15, 0.2) is 5.75 Å². The van der Waals surface area contributed by atoms with E-state index in [1.54, 1.807) is 12.1 Å². The number of unbranched alkanes of at least 4 members (excludes halogenated alkanes) is 1. The van der Waals surface area contributed by atoms with Gasteiger partial charge in [-0.05, 0) is 46.5 Å². The van der Waals surface area contributed by atoms with Crippen LogP contribution in [0, 0.1) is 0 Å². The summed E-state index contributed by atoms with van der Waals surface area (Å²) in [6.45, 7) is 2.40. The predicted octanol–water partition coefficient (Wildman–Crippen LogP) is 6.07. The highest BCUT2D eigenvalue weighted by Crippen LogP contribution is 2.37. The molecule has 5 heteroatoms. The third kappa shape index (κ3) is 4.36. The zero-order chi connectivity index (χ0) is 17.6. The lowest BCUT2D eigenvalue weighted by Crippen LogP contribution is -1.90. The second kappa shape index (κ2) is 8.11. The number of fused-ring (bicyclic) bond motifs is 1. The number of benzene rings is 3. The summed E-state index contributed by atoms with van der Waals surface area (Å²) in [6.07, 6.45) is 1.77. The predicted molar refractivity (Wildman–Crippen MR) is 100 cm³/mol. The van der Waals surface area contributed by atoms with E-state index in [-0.39, 0.29) is 11.5 Å². The average Bonchev–Trinajstić information content (AvgIpc) is 2.63. The summed E-state index contributed by atoms with van der Waals surface area (Å²) in [7, 11) is -2.28. The van der Waals surface area contributed by atoms with Crippen molar-refractivity contribution in [3.63, 3.8) is 0 Å². The van der Waals surface area contributed by atoms with Gasteiger partial charge in [0.2, 0.25) is 5.75 Å². The van der Waals surface area contributed by atoms with Crippen LogP contribution in [0.3, 0.4) is 0 Å². The lowest BCUT2D eigenvalue weighted by atomic mass is 10.0. The first kappa shape index (κ1) is 17.4. The van der Waals surface area contributed by atoms with Crippen LogP contribution in [-0.2, 0) is 9.09 Å². The Morgan fingerprint density at radius 3 is 2.44 bits per heavy atom. The van der Waals surface area contributed by atoms with Gasteiger partial charge in [-0.3, -0.25) is 0 Å². The van der Waals surface area contributed by atoms with Crippen molar-refractivity contribution in [3.05, 3.63) is 60.7 Å². The molecule has 0 fully saturated rings. The van der Waals surface area contributed by atoms with Crippen LogP contribution in [0.2, 0.25) is 0 Å². The fraction of sp³-hybridized carbons (Fsp3) is 0.200. The van der Waals surface area contributed by atoms with Crippen molar-refractivity contribution in [1.29, 1.82) is 0 Å². The average molecular weight is 355 g/mol. The minimum absolute atomic E-state index is 0.0619. The topological polar surface area (TPSA) is 55.8 Å². The van der Waals surface area contributed by atoms with E-state index in [4.69, 9.17) is 9.05 Å². The normalized spacial score (nSPS) is 11.5. The quantitative estimate of drug-likeness (QED) is 0.413. The van der Waals surface area contributed by atoms with Crippen molar-refractivity contribution in [3.8, 4) is 22.6 Å². The first-order valence-electron chi connectivity index (χ1n) is 8.27. The molecule has 1 N–H and O–H groups in total. The number of rotatable bonds is 7. The van der Waals surface area contributed by atoms with Crippen LogP contribution >= 0.6 is 8.25 Å². The molecule has 0 aliphatic rings. The van der Waals surface area contributed by atoms with Gasteiger partial charge in [0.1, 0.15) is 6.61 Å². The van der Waals surface area contributed by atoms with Crippen molar-refractivity contribution in [2.24, 2.45) is 0 Å². The van der Waals surface area contributed by atoms with E-state index in [0.717, 1.165) is 34.7 Å². The minimum Gasteiger partial charge on any atom is -0.504 e. The molecule has 0 amide bonds. The Balaban J connectivity index is 1.77. The molecule has 0 saturated carbocycles. The summed E-state index contributed by atoms with van der Waals surface area (Å²) in [5, 5.41) is 12.5. The standard InChI is InChI=1S/C20H19O4P/c1-2-3-12-23-25(22)24-20-11-10-18(14-19(20)21)17-9-8-15-6-4-5-7-16(15)13-17/h4-11,13-14H,2-3,12H2,1H3/p+1. The third-order valence-corrected chi connectivity index (χ3v) is 4.65. The van der Waals surface area contributed by atoms with E-state index >= 15 is 0 Å². The van der Waals surface area contributed by atoms with E-state index in [9.17, 15) is 9.67 Å². The summed E-state index contributed by atoms with van der Waals surface area (Å²) >= 11 is 0. The molecular weight excluding hydrogens is 335 g/mol. The largest absolute Gasteiger partial charge is 0.750 e. The summed E-state index contributed by atoms with van der Waals surface area (Å²) in [6, 6.07) is 19.3. The Hall–Kier alpha value is -2.42. The molecule has 0 heterocycles. The van der Waals surface area contributed by atoms with Crippen LogP contribution in [0.15, 0.2) is 60.7 Å². The van der Waals surface area contributed by atoms with Crippen LogP contribution in [0.1, 0.15) is 19.8 Å². The van der Waals surface area contributed by atoms with Crippen molar-refractivity contribution in [1.82, 2.24) is 0 Å². The van der Waals surface area contributed by atoms with Gasteiger partial charge in [0.05, 0.1) is 0 Å². The molecular formula is C20H20O4P+. The van der Waals surface area contributed by atoms with Gasteiger partial charge in [-0.2, -0.15) is 0 Å². The fourth-order valence-electron chi connectivity index (χ4n) is 2.53. The SMILES string of the molecule is CCCCO[P+](=O)Oc1ccc(-c2ccc3ccccc3c2)cc1O. The van der Waals surface area contributed by atoms with Crippen molar-refractivity contribution in [2.75, 3.05) is 6.61 Å². The molecule has 0 bridgehead atoms. The minimum atomic E-state index is -2.28. The van der Waals surface area contributed by atoms with Crippen LogP contribution in [0.5, 0.6) is 11.5 Å². The van der Waals surface area contributed by atoms with E-state index in [0.29, 0.717) is 6.61 Å². The molecule has 3 rings (SSSR count). The van der Waals surface area contributed by atoms with Gasteiger partial charge in [-0.1, -0.05) is 55.8 Å². The van der Waals surface area contributed by atoms with Gasteiger partial charge in [-0.15, -0.1) is 4.52 Å². The molecule has 3 aromatic carbocycles. The monoisotopic (exact) mass is 355 g/mol. The van der Waals surface area contributed by atoms with Gasteiger partial charge in [0.25, 0.3) is 0 Å². The Labute approximate surface area is 148 Å². The summed E-state index contributed by atoms with van der Waals surface area (Å²) < 4.78 is 22.0. The molecule has 128 valence electrons. The van der Waals surface area contributed by atoms with Crippen molar-refractivity contribution >= 4 is 19.0 Å². The van der Waals surface area contributed by atoms with Gasteiger partial charge < -0.3 is 5.11 Å². The van der Waals surface area contributed by atoms with Crippen molar-refractivity contribution in [2.45, 2.75) is 19.8 Å². The van der Waals surface area contributed by atoms with Gasteiger partial charge >= 0.3 is 8.25 Å². The van der Waals surface area contributed by atoms with Crippen LogP contribution in [-0.4, -0.2) is 11.7 Å². The second-order valence-electron chi connectivity index (χ2n) is 5.75. The Kier molecular flexibility index (Phi) is 5.64. The number of hydrogen-bond donors (Lipinski definition) is 1. The molecule has 1 atom stereocenters. The molecule has 0 saturated heterocycles. The van der Waals surface area contributed by atoms with E-state index in [1.165, 1.54) is 0 Å². The Morgan fingerprint density at radius 2 is 1.68 bits per heavy atom. The number of aromatic hydroxyl groups is 1. The zero-order valence-electron chi connectivity index (χ0n) is 14.0. The summed E-state index contributed by atoms with van der Waals surface area (Å²) in [5.74, 6) is 0.0928. The maximum absolute atomic E-state index is 11.7. The van der Waals surface area contributed by atoms with Gasteiger partial charge in [0, 0.05) is 4.57 Å². The molecule has 4 nitrogen and oxygen atoms in total. The highest BCUT2D eigenvalue weighted by Gasteiger charge is 2.24. The number of hydrogen-bond acceptors (Lipinski definition) is 4. The zero-order valence-corrected chi connectivity index (χ0v) is 14.9. The smallest absolute Gasteiger partial charge is 0.504 e. The lowest BCUT2D eigenvalue weighted by molar-refractivity contribution is 0.278. The third-order valence-electron chi connectivity index (χ3n) is 3.91. The first-order valence-corrected chi connectivity index (χ1v) is 9.37. The molecule has 0 aromatic heterocycles. The second-order valence-corrected chi connectivity index (χ2v) is 6.63. The number of phenols is 1. The van der Waals surface area contributed by atoms with E-state index < -0.39 is 8.25 Å². The van der Waals surface area contributed by atoms with Gasteiger partial charge in [-0.25, -0.2) is 4.52 Å². The highest BCUT2D eigenvalue weighted by atomic mass is 31.1. The molecule has 3 aromatic rings. The molecule has 1 unspecified atom stereocenters. The molecule has 25 heavy (non-hydrogen) atoms. The molecule has 0 aliphatic carbocycles. The summed E-state index contributed by atoms with van der Waals surface area (Å²) in [4.78, 5) is 0. The van der Waals surface area contributed by atoms with Crippen molar-refractivity contribution < 1.29 is 18.7 Å². The maximum atomic E-state index is 11.7. The van der Waals surface area contributed by atoms with Crippen LogP contribution in [0.25, 0.3) is 21.9 Å². The Morgan fingerprint density at radius 1 is 0.960 bits per heavy atom. The Bertz CT molecular complexity index is 892. The molecule has 0 aliphatic heterocycles. The van der Waals surface area contributed by atoms with E-state index in [2.05, 4.69) is 18.2 Å².